The van der Waals surface area contributed by atoms with Gasteiger partial charge in [0.15, 0.2) is 5.65 Å². The summed E-state index contributed by atoms with van der Waals surface area (Å²) >= 11 is 0. The molecule has 2 N–H and O–H groups in total. The number of carboxylic acids is 1. The van der Waals surface area contributed by atoms with Gasteiger partial charge in [-0.3, -0.25) is 4.79 Å². The number of fused-ring (bicyclic) bond motifs is 1. The third kappa shape index (κ3) is 2.71. The summed E-state index contributed by atoms with van der Waals surface area (Å²) in [7, 11) is 0. The Bertz CT molecular complexity index is 816. The van der Waals surface area contributed by atoms with Gasteiger partial charge in [0.2, 0.25) is 0 Å². The topological polar surface area (TPSA) is 92.9 Å². The van der Waals surface area contributed by atoms with Crippen molar-refractivity contribution in [2.24, 2.45) is 0 Å². The number of hydrogen-bond acceptors (Lipinski definition) is 5. The molecule has 0 fully saturated rings. The highest BCUT2D eigenvalue weighted by Crippen LogP contribution is 2.21. The van der Waals surface area contributed by atoms with Crippen molar-refractivity contribution in [2.75, 3.05) is 11.9 Å². The maximum Gasteiger partial charge on any atom is 0.305 e. The second-order valence-corrected chi connectivity index (χ2v) is 4.56. The van der Waals surface area contributed by atoms with Crippen molar-refractivity contribution in [3.05, 3.63) is 42.6 Å². The molecule has 0 spiro atoms. The lowest BCUT2D eigenvalue weighted by Gasteiger charge is -2.05. The number of aliphatic carboxylic acids is 1. The highest BCUT2D eigenvalue weighted by molar-refractivity contribution is 5.87. The van der Waals surface area contributed by atoms with Crippen molar-refractivity contribution in [3.63, 3.8) is 0 Å². The van der Waals surface area contributed by atoms with Gasteiger partial charge in [-0.1, -0.05) is 0 Å². The van der Waals surface area contributed by atoms with Crippen molar-refractivity contribution in [1.82, 2.24) is 19.7 Å². The van der Waals surface area contributed by atoms with Gasteiger partial charge in [0, 0.05) is 6.54 Å². The van der Waals surface area contributed by atoms with E-state index in [0.717, 1.165) is 0 Å². The Kier molecular flexibility index (Phi) is 3.65. The molecule has 0 amide bonds. The van der Waals surface area contributed by atoms with Crippen LogP contribution in [0.15, 0.2) is 36.8 Å². The molecule has 1 aromatic carbocycles. The molecule has 0 bridgehead atoms. The molecule has 0 atom stereocenters. The van der Waals surface area contributed by atoms with E-state index in [0.29, 0.717) is 22.5 Å². The Morgan fingerprint density at radius 1 is 1.27 bits per heavy atom. The molecular weight excluding hydrogens is 289 g/mol. The molecule has 3 rings (SSSR count). The molecule has 0 saturated carbocycles. The summed E-state index contributed by atoms with van der Waals surface area (Å²) in [6.07, 6.45) is 2.94. The molecule has 0 unspecified atom stereocenters. The van der Waals surface area contributed by atoms with E-state index in [4.69, 9.17) is 5.11 Å². The van der Waals surface area contributed by atoms with Crippen LogP contribution in [0.2, 0.25) is 0 Å². The average molecular weight is 301 g/mol. The number of anilines is 1. The van der Waals surface area contributed by atoms with Crippen LogP contribution in [0.4, 0.5) is 10.2 Å². The third-order valence-electron chi connectivity index (χ3n) is 3.07. The van der Waals surface area contributed by atoms with Gasteiger partial charge in [-0.2, -0.15) is 5.10 Å². The number of aromatic nitrogens is 4. The van der Waals surface area contributed by atoms with Crippen LogP contribution >= 0.6 is 0 Å². The standard InChI is InChI=1S/C14H12FN5O2/c15-9-1-3-10(4-2-9)20-14-11(7-19-20)13(17-8-18-14)16-6-5-12(21)22/h1-4,7-8H,5-6H2,(H,21,22)(H,16,17,18). The van der Waals surface area contributed by atoms with Crippen LogP contribution in [0.1, 0.15) is 6.42 Å². The molecule has 7 nitrogen and oxygen atoms in total. The van der Waals surface area contributed by atoms with Crippen LogP contribution in [-0.4, -0.2) is 37.4 Å². The van der Waals surface area contributed by atoms with Gasteiger partial charge in [-0.15, -0.1) is 0 Å². The molecule has 112 valence electrons. The first-order valence-corrected chi connectivity index (χ1v) is 6.55. The predicted molar refractivity (Wildman–Crippen MR) is 77.4 cm³/mol. The quantitative estimate of drug-likeness (QED) is 0.747. The van der Waals surface area contributed by atoms with Gasteiger partial charge >= 0.3 is 5.97 Å². The minimum Gasteiger partial charge on any atom is -0.481 e. The molecule has 0 saturated heterocycles. The van der Waals surface area contributed by atoms with Crippen LogP contribution < -0.4 is 5.32 Å². The first-order valence-electron chi connectivity index (χ1n) is 6.55. The minimum absolute atomic E-state index is 0.0163. The molecule has 3 aromatic rings. The maximum atomic E-state index is 13.0. The summed E-state index contributed by atoms with van der Waals surface area (Å²) in [5.41, 5.74) is 1.23. The summed E-state index contributed by atoms with van der Waals surface area (Å²) in [6, 6.07) is 5.88. The van der Waals surface area contributed by atoms with Crippen molar-refractivity contribution < 1.29 is 14.3 Å². The Balaban J connectivity index is 1.94. The van der Waals surface area contributed by atoms with Crippen LogP contribution in [0.5, 0.6) is 0 Å². The molecule has 0 aliphatic heterocycles. The van der Waals surface area contributed by atoms with Gasteiger partial charge in [0.25, 0.3) is 0 Å². The molecule has 22 heavy (non-hydrogen) atoms. The lowest BCUT2D eigenvalue weighted by atomic mass is 10.3. The summed E-state index contributed by atoms with van der Waals surface area (Å²) in [4.78, 5) is 18.8. The zero-order chi connectivity index (χ0) is 15.5. The van der Waals surface area contributed by atoms with Crippen LogP contribution in [0.25, 0.3) is 16.7 Å². The zero-order valence-electron chi connectivity index (χ0n) is 11.4. The maximum absolute atomic E-state index is 13.0. The summed E-state index contributed by atoms with van der Waals surface area (Å²) in [6.45, 7) is 0.253. The lowest BCUT2D eigenvalue weighted by molar-refractivity contribution is -0.136. The normalized spacial score (nSPS) is 10.8. The SMILES string of the molecule is O=C(O)CCNc1ncnc2c1cnn2-c1ccc(F)cc1. The fourth-order valence-corrected chi connectivity index (χ4v) is 2.04. The molecule has 0 radical (unpaired) electrons. The number of benzene rings is 1. The number of nitrogens with one attached hydrogen (secondary N) is 1. The Morgan fingerprint density at radius 3 is 2.77 bits per heavy atom. The smallest absolute Gasteiger partial charge is 0.305 e. The number of rotatable bonds is 5. The number of hydrogen-bond donors (Lipinski definition) is 2. The lowest BCUT2D eigenvalue weighted by Crippen LogP contribution is -2.09. The van der Waals surface area contributed by atoms with Crippen molar-refractivity contribution in [3.8, 4) is 5.69 Å². The highest BCUT2D eigenvalue weighted by atomic mass is 19.1. The molecule has 2 aromatic heterocycles. The van der Waals surface area contributed by atoms with Crippen LogP contribution in [0.3, 0.4) is 0 Å². The van der Waals surface area contributed by atoms with Crippen molar-refractivity contribution in [2.45, 2.75) is 6.42 Å². The zero-order valence-corrected chi connectivity index (χ0v) is 11.4. The second-order valence-electron chi connectivity index (χ2n) is 4.56. The van der Waals surface area contributed by atoms with Crippen LogP contribution in [0, 0.1) is 5.82 Å². The Morgan fingerprint density at radius 2 is 2.05 bits per heavy atom. The van der Waals surface area contributed by atoms with E-state index >= 15 is 0 Å². The van der Waals surface area contributed by atoms with Gasteiger partial charge in [-0.05, 0) is 24.3 Å². The second kappa shape index (κ2) is 5.76. The number of halogens is 1. The van der Waals surface area contributed by atoms with E-state index in [2.05, 4.69) is 20.4 Å². The van der Waals surface area contributed by atoms with Gasteiger partial charge in [-0.25, -0.2) is 19.0 Å². The van der Waals surface area contributed by atoms with Crippen molar-refractivity contribution in [1.29, 1.82) is 0 Å². The molecule has 0 aliphatic rings. The first-order chi connectivity index (χ1) is 10.6. The average Bonchev–Trinajstić information content (AvgIpc) is 2.92. The predicted octanol–water partition coefficient (Wildman–Crippen LogP) is 1.84. The van der Waals surface area contributed by atoms with E-state index in [1.165, 1.54) is 18.5 Å². The monoisotopic (exact) mass is 301 g/mol. The minimum atomic E-state index is -0.889. The highest BCUT2D eigenvalue weighted by Gasteiger charge is 2.11. The fraction of sp³-hybridized carbons (Fsp3) is 0.143. The van der Waals surface area contributed by atoms with E-state index in [-0.39, 0.29) is 18.8 Å². The number of nitrogens with zero attached hydrogens (tertiary/aromatic N) is 4. The molecule has 2 heterocycles. The van der Waals surface area contributed by atoms with Gasteiger partial charge in [0.05, 0.1) is 23.7 Å². The van der Waals surface area contributed by atoms with Crippen molar-refractivity contribution >= 4 is 22.8 Å². The largest absolute Gasteiger partial charge is 0.481 e. The fourth-order valence-electron chi connectivity index (χ4n) is 2.04. The Labute approximate surface area is 124 Å². The van der Waals surface area contributed by atoms with E-state index in [1.807, 2.05) is 0 Å². The molecule has 0 aliphatic carbocycles. The summed E-state index contributed by atoms with van der Waals surface area (Å²) < 4.78 is 14.6. The third-order valence-corrected chi connectivity index (χ3v) is 3.07. The number of carboxylic acid groups (broad SMARTS) is 1. The van der Waals surface area contributed by atoms with Gasteiger partial charge in [0.1, 0.15) is 18.0 Å². The van der Waals surface area contributed by atoms with E-state index in [9.17, 15) is 9.18 Å². The summed E-state index contributed by atoms with van der Waals surface area (Å²) in [5, 5.41) is 16.5. The summed E-state index contributed by atoms with van der Waals surface area (Å²) in [5.74, 6) is -0.703. The molecular formula is C14H12FN5O2. The van der Waals surface area contributed by atoms with E-state index in [1.54, 1.807) is 23.0 Å². The molecule has 8 heteroatoms. The van der Waals surface area contributed by atoms with Gasteiger partial charge < -0.3 is 10.4 Å². The van der Waals surface area contributed by atoms with Crippen LogP contribution in [-0.2, 0) is 4.79 Å². The first kappa shape index (κ1) is 13.9. The number of carbonyl (C=O) groups is 1. The van der Waals surface area contributed by atoms with E-state index < -0.39 is 5.97 Å². The Hall–Kier alpha value is -3.03.